The van der Waals surface area contributed by atoms with Crippen molar-refractivity contribution in [1.82, 2.24) is 5.32 Å². The third-order valence-corrected chi connectivity index (χ3v) is 2.60. The summed E-state index contributed by atoms with van der Waals surface area (Å²) in [6, 6.07) is 0.0635. The lowest BCUT2D eigenvalue weighted by molar-refractivity contribution is -0.155. The highest BCUT2D eigenvalue weighted by Crippen LogP contribution is 2.40. The van der Waals surface area contributed by atoms with Gasteiger partial charge in [0.05, 0.1) is 5.41 Å². The summed E-state index contributed by atoms with van der Waals surface area (Å²) in [5.41, 5.74) is -0.619. The predicted molar refractivity (Wildman–Crippen MR) is 47.2 cm³/mol. The van der Waals surface area contributed by atoms with Crippen molar-refractivity contribution in [2.75, 3.05) is 0 Å². The molecule has 4 heteroatoms. The molecule has 4 nitrogen and oxygen atoms in total. The highest BCUT2D eigenvalue weighted by Gasteiger charge is 2.46. The average Bonchev–Trinajstić information content (AvgIpc) is 2.00. The van der Waals surface area contributed by atoms with Crippen LogP contribution in [-0.2, 0) is 9.59 Å². The van der Waals surface area contributed by atoms with Gasteiger partial charge in [0.2, 0.25) is 5.91 Å². The van der Waals surface area contributed by atoms with Crippen LogP contribution < -0.4 is 5.32 Å². The molecular weight excluding hydrogens is 170 g/mol. The Morgan fingerprint density at radius 2 is 2.08 bits per heavy atom. The number of hydrogen-bond acceptors (Lipinski definition) is 2. The maximum absolute atomic E-state index is 10.9. The first kappa shape index (κ1) is 10.0. The molecule has 0 aromatic carbocycles. The van der Waals surface area contributed by atoms with E-state index in [9.17, 15) is 9.59 Å². The summed E-state index contributed by atoms with van der Waals surface area (Å²) in [5, 5.41) is 11.6. The second kappa shape index (κ2) is 3.36. The number of nitrogens with one attached hydrogen (secondary N) is 1. The standard InChI is InChI=1S/C9H15NO3/c1-3-7(11)10-6-4-9(2,5-6)8(12)13/h6H,3-5H2,1-2H3,(H,10,11)(H,12,13). The minimum Gasteiger partial charge on any atom is -0.481 e. The Balaban J connectivity index is 2.33. The average molecular weight is 185 g/mol. The van der Waals surface area contributed by atoms with Crippen LogP contribution in [0.25, 0.3) is 0 Å². The summed E-state index contributed by atoms with van der Waals surface area (Å²) in [4.78, 5) is 21.6. The Labute approximate surface area is 77.3 Å². The van der Waals surface area contributed by atoms with Crippen molar-refractivity contribution in [3.05, 3.63) is 0 Å². The van der Waals surface area contributed by atoms with Gasteiger partial charge in [-0.1, -0.05) is 6.92 Å². The Bertz CT molecular complexity index is 231. The highest BCUT2D eigenvalue weighted by atomic mass is 16.4. The zero-order valence-corrected chi connectivity index (χ0v) is 7.96. The molecule has 0 spiro atoms. The molecule has 74 valence electrons. The maximum atomic E-state index is 10.9. The Kier molecular flexibility index (Phi) is 2.59. The molecule has 1 rings (SSSR count). The molecule has 0 aromatic heterocycles. The minimum atomic E-state index is -0.769. The van der Waals surface area contributed by atoms with Crippen molar-refractivity contribution in [2.24, 2.45) is 5.41 Å². The predicted octanol–water partition coefficient (Wildman–Crippen LogP) is 0.766. The first-order valence-corrected chi connectivity index (χ1v) is 4.50. The maximum Gasteiger partial charge on any atom is 0.309 e. The summed E-state index contributed by atoms with van der Waals surface area (Å²) < 4.78 is 0. The summed E-state index contributed by atoms with van der Waals surface area (Å²) in [6.45, 7) is 3.49. The molecule has 0 aliphatic heterocycles. The number of carboxylic acid groups (broad SMARTS) is 1. The summed E-state index contributed by atoms with van der Waals surface area (Å²) in [6.07, 6.45) is 1.56. The molecule has 0 saturated heterocycles. The van der Waals surface area contributed by atoms with E-state index >= 15 is 0 Å². The molecule has 0 unspecified atom stereocenters. The molecule has 0 radical (unpaired) electrons. The van der Waals surface area contributed by atoms with E-state index in [4.69, 9.17) is 5.11 Å². The number of carboxylic acids is 1. The van der Waals surface area contributed by atoms with Gasteiger partial charge in [0, 0.05) is 12.5 Å². The van der Waals surface area contributed by atoms with Crippen LogP contribution in [0.5, 0.6) is 0 Å². The zero-order valence-electron chi connectivity index (χ0n) is 7.96. The van der Waals surface area contributed by atoms with E-state index in [1.165, 1.54) is 0 Å². The molecular formula is C9H15NO3. The van der Waals surface area contributed by atoms with Crippen LogP contribution >= 0.6 is 0 Å². The van der Waals surface area contributed by atoms with Crippen LogP contribution in [0.4, 0.5) is 0 Å². The van der Waals surface area contributed by atoms with Gasteiger partial charge in [-0.25, -0.2) is 0 Å². The SMILES string of the molecule is CCC(=O)NC1CC(C)(C(=O)O)C1. The van der Waals surface area contributed by atoms with Crippen molar-refractivity contribution in [1.29, 1.82) is 0 Å². The molecule has 2 N–H and O–H groups in total. The van der Waals surface area contributed by atoms with Gasteiger partial charge >= 0.3 is 5.97 Å². The number of carbonyl (C=O) groups excluding carboxylic acids is 1. The van der Waals surface area contributed by atoms with E-state index in [1.807, 2.05) is 0 Å². The normalized spacial score (nSPS) is 32.0. The summed E-state index contributed by atoms with van der Waals surface area (Å²) in [7, 11) is 0. The van der Waals surface area contributed by atoms with Gasteiger partial charge in [-0.3, -0.25) is 9.59 Å². The second-order valence-electron chi connectivity index (χ2n) is 3.89. The molecule has 0 aromatic rings. The molecule has 1 aliphatic rings. The summed E-state index contributed by atoms with van der Waals surface area (Å²) in [5.74, 6) is -0.771. The van der Waals surface area contributed by atoms with Crippen LogP contribution in [0, 0.1) is 5.41 Å². The first-order chi connectivity index (χ1) is 5.98. The van der Waals surface area contributed by atoms with E-state index in [1.54, 1.807) is 13.8 Å². The van der Waals surface area contributed by atoms with Crippen molar-refractivity contribution in [2.45, 2.75) is 39.2 Å². The molecule has 0 atom stereocenters. The molecule has 13 heavy (non-hydrogen) atoms. The number of aliphatic carboxylic acids is 1. The van der Waals surface area contributed by atoms with Crippen molar-refractivity contribution < 1.29 is 14.7 Å². The quantitative estimate of drug-likeness (QED) is 0.682. The van der Waals surface area contributed by atoms with Gasteiger partial charge in [0.15, 0.2) is 0 Å². The highest BCUT2D eigenvalue weighted by molar-refractivity contribution is 5.78. The van der Waals surface area contributed by atoms with Gasteiger partial charge in [-0.2, -0.15) is 0 Å². The van der Waals surface area contributed by atoms with Crippen LogP contribution in [-0.4, -0.2) is 23.0 Å². The monoisotopic (exact) mass is 185 g/mol. The largest absolute Gasteiger partial charge is 0.481 e. The molecule has 1 saturated carbocycles. The lowest BCUT2D eigenvalue weighted by Crippen LogP contribution is -2.52. The van der Waals surface area contributed by atoms with Crippen molar-refractivity contribution in [3.63, 3.8) is 0 Å². The van der Waals surface area contributed by atoms with Crippen LogP contribution in [0.15, 0.2) is 0 Å². The zero-order chi connectivity index (χ0) is 10.1. The first-order valence-electron chi connectivity index (χ1n) is 4.50. The van der Waals surface area contributed by atoms with Crippen LogP contribution in [0.2, 0.25) is 0 Å². The number of rotatable bonds is 3. The third-order valence-electron chi connectivity index (χ3n) is 2.60. The molecule has 0 heterocycles. The number of hydrogen-bond donors (Lipinski definition) is 2. The second-order valence-corrected chi connectivity index (χ2v) is 3.89. The summed E-state index contributed by atoms with van der Waals surface area (Å²) >= 11 is 0. The Morgan fingerprint density at radius 1 is 1.54 bits per heavy atom. The minimum absolute atomic E-state index is 0.00237. The number of amides is 1. The molecule has 1 aliphatic carbocycles. The lowest BCUT2D eigenvalue weighted by atomic mass is 9.67. The fraction of sp³-hybridized carbons (Fsp3) is 0.778. The van der Waals surface area contributed by atoms with Crippen molar-refractivity contribution >= 4 is 11.9 Å². The molecule has 1 fully saturated rings. The van der Waals surface area contributed by atoms with E-state index in [0.717, 1.165) is 0 Å². The number of carbonyl (C=O) groups is 2. The molecule has 0 bridgehead atoms. The third kappa shape index (κ3) is 1.99. The van der Waals surface area contributed by atoms with E-state index in [0.29, 0.717) is 19.3 Å². The fourth-order valence-corrected chi connectivity index (χ4v) is 1.63. The molecule has 1 amide bonds. The lowest BCUT2D eigenvalue weighted by Gasteiger charge is -2.41. The Hall–Kier alpha value is -1.06. The fourth-order valence-electron chi connectivity index (χ4n) is 1.63. The van der Waals surface area contributed by atoms with Crippen LogP contribution in [0.3, 0.4) is 0 Å². The van der Waals surface area contributed by atoms with Gasteiger partial charge < -0.3 is 10.4 Å². The Morgan fingerprint density at radius 3 is 2.46 bits per heavy atom. The van der Waals surface area contributed by atoms with E-state index in [-0.39, 0.29) is 11.9 Å². The van der Waals surface area contributed by atoms with Gasteiger partial charge in [0.25, 0.3) is 0 Å². The van der Waals surface area contributed by atoms with Crippen LogP contribution in [0.1, 0.15) is 33.1 Å². The van der Waals surface area contributed by atoms with Gasteiger partial charge in [-0.15, -0.1) is 0 Å². The topological polar surface area (TPSA) is 66.4 Å². The van der Waals surface area contributed by atoms with Gasteiger partial charge in [0.1, 0.15) is 0 Å². The smallest absolute Gasteiger partial charge is 0.309 e. The van der Waals surface area contributed by atoms with E-state index < -0.39 is 11.4 Å². The van der Waals surface area contributed by atoms with E-state index in [2.05, 4.69) is 5.32 Å². The van der Waals surface area contributed by atoms with Crippen molar-refractivity contribution in [3.8, 4) is 0 Å². The van der Waals surface area contributed by atoms with Gasteiger partial charge in [-0.05, 0) is 19.8 Å².